The molecule has 144 valence electrons. The SMILES string of the molecule is CCc1ccc(C(C)NC(=O)C(CC)Oc2ccc3c(c2)CCCC3)cc1. The summed E-state index contributed by atoms with van der Waals surface area (Å²) in [6.07, 6.45) is 5.97. The Hall–Kier alpha value is -2.29. The molecule has 1 amide bonds. The predicted molar refractivity (Wildman–Crippen MR) is 110 cm³/mol. The molecular weight excluding hydrogens is 334 g/mol. The van der Waals surface area contributed by atoms with Gasteiger partial charge in [-0.1, -0.05) is 44.2 Å². The summed E-state index contributed by atoms with van der Waals surface area (Å²) in [7, 11) is 0. The van der Waals surface area contributed by atoms with E-state index in [9.17, 15) is 4.79 Å². The molecule has 1 aliphatic rings. The molecule has 0 saturated carbocycles. The van der Waals surface area contributed by atoms with Crippen molar-refractivity contribution in [3.8, 4) is 5.75 Å². The fourth-order valence-electron chi connectivity index (χ4n) is 3.70. The standard InChI is InChI=1S/C24H31NO2/c1-4-18-10-12-19(13-11-18)17(3)25-24(26)23(5-2)27-22-15-14-20-8-6-7-9-21(20)16-22/h10-17,23H,4-9H2,1-3H3,(H,25,26). The molecular formula is C24H31NO2. The molecule has 0 heterocycles. The summed E-state index contributed by atoms with van der Waals surface area (Å²) < 4.78 is 6.05. The molecule has 2 atom stereocenters. The van der Waals surface area contributed by atoms with Gasteiger partial charge in [-0.05, 0) is 79.8 Å². The van der Waals surface area contributed by atoms with Crippen molar-refractivity contribution in [1.29, 1.82) is 0 Å². The van der Waals surface area contributed by atoms with E-state index in [-0.39, 0.29) is 11.9 Å². The maximum atomic E-state index is 12.7. The number of benzene rings is 2. The molecule has 3 heteroatoms. The van der Waals surface area contributed by atoms with Crippen LogP contribution in [-0.2, 0) is 24.1 Å². The van der Waals surface area contributed by atoms with Crippen LogP contribution in [0.4, 0.5) is 0 Å². The van der Waals surface area contributed by atoms with Gasteiger partial charge in [-0.15, -0.1) is 0 Å². The topological polar surface area (TPSA) is 38.3 Å². The number of ether oxygens (including phenoxy) is 1. The molecule has 2 aromatic rings. The number of amides is 1. The number of hydrogen-bond acceptors (Lipinski definition) is 2. The highest BCUT2D eigenvalue weighted by Gasteiger charge is 2.21. The Morgan fingerprint density at radius 2 is 1.74 bits per heavy atom. The zero-order valence-electron chi connectivity index (χ0n) is 16.8. The van der Waals surface area contributed by atoms with E-state index in [1.54, 1.807) is 0 Å². The lowest BCUT2D eigenvalue weighted by atomic mass is 9.92. The molecule has 2 unspecified atom stereocenters. The Labute approximate surface area is 163 Å². The molecule has 0 aliphatic heterocycles. The first kappa shape index (κ1) is 19.5. The molecule has 0 aromatic heterocycles. The van der Waals surface area contributed by atoms with Crippen molar-refractivity contribution in [2.75, 3.05) is 0 Å². The van der Waals surface area contributed by atoms with Crippen LogP contribution >= 0.6 is 0 Å². The average molecular weight is 366 g/mol. The number of aryl methyl sites for hydroxylation is 3. The molecule has 2 aromatic carbocycles. The maximum Gasteiger partial charge on any atom is 0.261 e. The van der Waals surface area contributed by atoms with Crippen LogP contribution in [-0.4, -0.2) is 12.0 Å². The van der Waals surface area contributed by atoms with Crippen molar-refractivity contribution < 1.29 is 9.53 Å². The molecule has 3 rings (SSSR count). The zero-order valence-corrected chi connectivity index (χ0v) is 16.8. The Kier molecular flexibility index (Phi) is 6.54. The van der Waals surface area contributed by atoms with E-state index in [4.69, 9.17) is 4.74 Å². The quantitative estimate of drug-likeness (QED) is 0.736. The predicted octanol–water partition coefficient (Wildman–Crippen LogP) is 5.16. The van der Waals surface area contributed by atoms with Gasteiger partial charge in [-0.25, -0.2) is 0 Å². The van der Waals surface area contributed by atoms with Gasteiger partial charge in [0.05, 0.1) is 6.04 Å². The van der Waals surface area contributed by atoms with Crippen LogP contribution in [0.1, 0.15) is 68.3 Å². The van der Waals surface area contributed by atoms with Gasteiger partial charge >= 0.3 is 0 Å². The Bertz CT molecular complexity index is 766. The second-order valence-corrected chi connectivity index (χ2v) is 7.48. The number of hydrogen-bond donors (Lipinski definition) is 1. The number of carbonyl (C=O) groups is 1. The van der Waals surface area contributed by atoms with Gasteiger partial charge < -0.3 is 10.1 Å². The van der Waals surface area contributed by atoms with E-state index in [0.717, 1.165) is 30.6 Å². The Morgan fingerprint density at radius 3 is 2.41 bits per heavy atom. The Morgan fingerprint density at radius 1 is 1.04 bits per heavy atom. The van der Waals surface area contributed by atoms with Crippen molar-refractivity contribution in [2.45, 2.75) is 71.4 Å². The zero-order chi connectivity index (χ0) is 19.2. The minimum Gasteiger partial charge on any atom is -0.481 e. The van der Waals surface area contributed by atoms with E-state index in [2.05, 4.69) is 48.6 Å². The summed E-state index contributed by atoms with van der Waals surface area (Å²) in [6, 6.07) is 14.7. The lowest BCUT2D eigenvalue weighted by Crippen LogP contribution is -2.39. The Balaban J connectivity index is 1.63. The van der Waals surface area contributed by atoms with E-state index >= 15 is 0 Å². The van der Waals surface area contributed by atoms with Crippen molar-refractivity contribution >= 4 is 5.91 Å². The first-order chi connectivity index (χ1) is 13.1. The van der Waals surface area contributed by atoms with Gasteiger partial charge in [0.15, 0.2) is 6.10 Å². The van der Waals surface area contributed by atoms with Gasteiger partial charge in [0.2, 0.25) is 0 Å². The smallest absolute Gasteiger partial charge is 0.261 e. The molecule has 0 spiro atoms. The molecule has 27 heavy (non-hydrogen) atoms. The maximum absolute atomic E-state index is 12.7. The molecule has 0 fully saturated rings. The third kappa shape index (κ3) is 4.91. The lowest BCUT2D eigenvalue weighted by molar-refractivity contribution is -0.128. The highest BCUT2D eigenvalue weighted by molar-refractivity contribution is 5.81. The largest absolute Gasteiger partial charge is 0.481 e. The van der Waals surface area contributed by atoms with Gasteiger partial charge in [0.1, 0.15) is 5.75 Å². The fourth-order valence-corrected chi connectivity index (χ4v) is 3.70. The first-order valence-electron chi connectivity index (χ1n) is 10.3. The van der Waals surface area contributed by atoms with Crippen molar-refractivity contribution in [3.63, 3.8) is 0 Å². The molecule has 3 nitrogen and oxygen atoms in total. The second kappa shape index (κ2) is 9.07. The number of fused-ring (bicyclic) bond motifs is 1. The second-order valence-electron chi connectivity index (χ2n) is 7.48. The van der Waals surface area contributed by atoms with Crippen LogP contribution in [0.3, 0.4) is 0 Å². The van der Waals surface area contributed by atoms with E-state index in [1.165, 1.54) is 29.5 Å². The first-order valence-corrected chi connectivity index (χ1v) is 10.3. The normalized spacial score (nSPS) is 15.5. The summed E-state index contributed by atoms with van der Waals surface area (Å²) >= 11 is 0. The van der Waals surface area contributed by atoms with Gasteiger partial charge in [0.25, 0.3) is 5.91 Å². The minimum absolute atomic E-state index is 0.0374. The number of carbonyl (C=O) groups excluding carboxylic acids is 1. The van der Waals surface area contributed by atoms with Crippen LogP contribution in [0.25, 0.3) is 0 Å². The fraction of sp³-hybridized carbons (Fsp3) is 0.458. The summed E-state index contributed by atoms with van der Waals surface area (Å²) in [4.78, 5) is 12.7. The molecule has 0 saturated heterocycles. The van der Waals surface area contributed by atoms with E-state index < -0.39 is 6.10 Å². The lowest BCUT2D eigenvalue weighted by Gasteiger charge is -2.22. The van der Waals surface area contributed by atoms with Gasteiger partial charge in [0, 0.05) is 0 Å². The number of rotatable bonds is 7. The summed E-state index contributed by atoms with van der Waals surface area (Å²) in [6.45, 7) is 6.15. The van der Waals surface area contributed by atoms with Crippen molar-refractivity contribution in [3.05, 3.63) is 64.7 Å². The van der Waals surface area contributed by atoms with Crippen LogP contribution < -0.4 is 10.1 Å². The third-order valence-corrected chi connectivity index (χ3v) is 5.51. The molecule has 0 bridgehead atoms. The average Bonchev–Trinajstić information content (AvgIpc) is 2.71. The van der Waals surface area contributed by atoms with Gasteiger partial charge in [-0.2, -0.15) is 0 Å². The van der Waals surface area contributed by atoms with Crippen LogP contribution in [0, 0.1) is 0 Å². The van der Waals surface area contributed by atoms with Crippen LogP contribution in [0.2, 0.25) is 0 Å². The third-order valence-electron chi connectivity index (χ3n) is 5.51. The molecule has 1 N–H and O–H groups in total. The minimum atomic E-state index is -0.469. The summed E-state index contributed by atoms with van der Waals surface area (Å²) in [5.74, 6) is 0.750. The summed E-state index contributed by atoms with van der Waals surface area (Å²) in [5.41, 5.74) is 5.22. The number of nitrogens with one attached hydrogen (secondary N) is 1. The molecule has 0 radical (unpaired) electrons. The van der Waals surface area contributed by atoms with Gasteiger partial charge in [-0.3, -0.25) is 4.79 Å². The van der Waals surface area contributed by atoms with Crippen LogP contribution in [0.15, 0.2) is 42.5 Å². The summed E-state index contributed by atoms with van der Waals surface area (Å²) in [5, 5.41) is 3.10. The highest BCUT2D eigenvalue weighted by atomic mass is 16.5. The van der Waals surface area contributed by atoms with Crippen LogP contribution in [0.5, 0.6) is 5.75 Å². The monoisotopic (exact) mass is 365 g/mol. The van der Waals surface area contributed by atoms with E-state index in [0.29, 0.717) is 6.42 Å². The van der Waals surface area contributed by atoms with Crippen molar-refractivity contribution in [2.24, 2.45) is 0 Å². The molecule has 1 aliphatic carbocycles. The highest BCUT2D eigenvalue weighted by Crippen LogP contribution is 2.26. The van der Waals surface area contributed by atoms with E-state index in [1.807, 2.05) is 19.9 Å². The van der Waals surface area contributed by atoms with Crippen molar-refractivity contribution in [1.82, 2.24) is 5.32 Å².